The molecule has 2 aliphatic rings. The third-order valence-electron chi connectivity index (χ3n) is 3.78. The van der Waals surface area contributed by atoms with Gasteiger partial charge in [-0.15, -0.1) is 0 Å². The van der Waals surface area contributed by atoms with Crippen molar-refractivity contribution in [1.29, 1.82) is 0 Å². The molecule has 0 bridgehead atoms. The maximum atomic E-state index is 12.1. The number of nitrogens with zero attached hydrogens (tertiary/aromatic N) is 1. The van der Waals surface area contributed by atoms with E-state index < -0.39 is 17.4 Å². The third kappa shape index (κ3) is 2.94. The van der Waals surface area contributed by atoms with E-state index >= 15 is 0 Å². The molecule has 1 heterocycles. The molecule has 19 heavy (non-hydrogen) atoms. The van der Waals surface area contributed by atoms with Crippen molar-refractivity contribution in [3.05, 3.63) is 0 Å². The Morgan fingerprint density at radius 1 is 1.16 bits per heavy atom. The Hall–Kier alpha value is -1.04. The van der Waals surface area contributed by atoms with Crippen molar-refractivity contribution in [2.75, 3.05) is 18.6 Å². The van der Waals surface area contributed by atoms with Gasteiger partial charge in [-0.1, -0.05) is 12.8 Å². The zero-order chi connectivity index (χ0) is 13.9. The van der Waals surface area contributed by atoms with E-state index in [9.17, 15) is 14.4 Å². The average molecular weight is 284 g/mol. The second kappa shape index (κ2) is 5.94. The molecule has 4 amide bonds. The number of imide groups is 2. The number of carbonyl (C=O) groups is 3. The number of amides is 4. The average Bonchev–Trinajstić information content (AvgIpc) is 3.17. The molecular weight excluding hydrogens is 264 g/mol. The zero-order valence-corrected chi connectivity index (χ0v) is 12.1. The Balaban J connectivity index is 1.78. The van der Waals surface area contributed by atoms with Crippen LogP contribution in [0.4, 0.5) is 4.79 Å². The molecule has 0 radical (unpaired) electrons. The van der Waals surface area contributed by atoms with Gasteiger partial charge in [0.05, 0.1) is 0 Å². The molecule has 0 aromatic heterocycles. The van der Waals surface area contributed by atoms with E-state index in [-0.39, 0.29) is 5.91 Å². The molecule has 0 atom stereocenters. The largest absolute Gasteiger partial charge is 0.330 e. The standard InChI is InChI=1S/C13H20N2O3S/c1-19-9-5-3-2-4-8-15-11(17)13(6-7-13)10(16)14-12(15)18/h2-9H2,1H3,(H,14,16,18). The number of hydrogen-bond acceptors (Lipinski definition) is 4. The minimum atomic E-state index is -0.896. The molecular formula is C13H20N2O3S. The monoisotopic (exact) mass is 284 g/mol. The predicted octanol–water partition coefficient (Wildman–Crippen LogP) is 1.77. The summed E-state index contributed by atoms with van der Waals surface area (Å²) in [7, 11) is 0. The minimum absolute atomic E-state index is 0.287. The van der Waals surface area contributed by atoms with Gasteiger partial charge in [-0.25, -0.2) is 4.79 Å². The summed E-state index contributed by atoms with van der Waals surface area (Å²) in [5.74, 6) is 0.463. The van der Waals surface area contributed by atoms with Gasteiger partial charge in [-0.3, -0.25) is 19.8 Å². The summed E-state index contributed by atoms with van der Waals surface area (Å²) in [5, 5.41) is 2.30. The van der Waals surface area contributed by atoms with Crippen LogP contribution in [0, 0.1) is 5.41 Å². The summed E-state index contributed by atoms with van der Waals surface area (Å²) < 4.78 is 0. The zero-order valence-electron chi connectivity index (χ0n) is 11.2. The van der Waals surface area contributed by atoms with Gasteiger partial charge in [0, 0.05) is 6.54 Å². The molecule has 2 fully saturated rings. The number of rotatable bonds is 7. The van der Waals surface area contributed by atoms with Crippen LogP contribution in [-0.2, 0) is 9.59 Å². The minimum Gasteiger partial charge on any atom is -0.277 e. The van der Waals surface area contributed by atoms with Crippen molar-refractivity contribution in [3.63, 3.8) is 0 Å². The first kappa shape index (κ1) is 14.4. The Kier molecular flexibility index (Phi) is 4.50. The van der Waals surface area contributed by atoms with E-state index in [0.717, 1.165) is 25.0 Å². The highest BCUT2D eigenvalue weighted by molar-refractivity contribution is 7.98. The van der Waals surface area contributed by atoms with Crippen molar-refractivity contribution in [1.82, 2.24) is 10.2 Å². The van der Waals surface area contributed by atoms with Crippen LogP contribution >= 0.6 is 11.8 Å². The summed E-state index contributed by atoms with van der Waals surface area (Å²) in [6.07, 6.45) is 7.36. The van der Waals surface area contributed by atoms with Crippen LogP contribution in [-0.4, -0.2) is 41.3 Å². The highest BCUT2D eigenvalue weighted by atomic mass is 32.2. The Labute approximate surface area is 117 Å². The Morgan fingerprint density at radius 2 is 1.84 bits per heavy atom. The highest BCUT2D eigenvalue weighted by Crippen LogP contribution is 2.48. The SMILES string of the molecule is CSCCCCCCN1C(=O)NC(=O)C2(CC2)C1=O. The van der Waals surface area contributed by atoms with Crippen LogP contribution in [0.3, 0.4) is 0 Å². The fourth-order valence-electron chi connectivity index (χ4n) is 2.37. The quantitative estimate of drug-likeness (QED) is 0.571. The van der Waals surface area contributed by atoms with Crippen molar-refractivity contribution < 1.29 is 14.4 Å². The van der Waals surface area contributed by atoms with Crippen LogP contribution in [0.1, 0.15) is 38.5 Å². The summed E-state index contributed by atoms with van der Waals surface area (Å²) in [5.41, 5.74) is -0.896. The lowest BCUT2D eigenvalue weighted by atomic mass is 10.0. The maximum Gasteiger partial charge on any atom is 0.330 e. The van der Waals surface area contributed by atoms with Crippen molar-refractivity contribution in [3.8, 4) is 0 Å². The lowest BCUT2D eigenvalue weighted by Crippen LogP contribution is -2.59. The number of unbranched alkanes of at least 4 members (excludes halogenated alkanes) is 3. The summed E-state index contributed by atoms with van der Waals surface area (Å²) in [6.45, 7) is 0.430. The molecule has 1 aliphatic carbocycles. The lowest BCUT2D eigenvalue weighted by Gasteiger charge is -2.30. The summed E-state index contributed by atoms with van der Waals surface area (Å²) in [6, 6.07) is -0.545. The normalized spacial score (nSPS) is 20.9. The molecule has 1 saturated carbocycles. The maximum absolute atomic E-state index is 12.1. The second-order valence-electron chi connectivity index (χ2n) is 5.21. The van der Waals surface area contributed by atoms with E-state index in [2.05, 4.69) is 11.6 Å². The van der Waals surface area contributed by atoms with Crippen LogP contribution < -0.4 is 5.32 Å². The molecule has 6 heteroatoms. The lowest BCUT2D eigenvalue weighted by molar-refractivity contribution is -0.144. The van der Waals surface area contributed by atoms with Gasteiger partial charge in [-0.2, -0.15) is 11.8 Å². The van der Waals surface area contributed by atoms with E-state index in [1.807, 2.05) is 11.8 Å². The predicted molar refractivity (Wildman–Crippen MR) is 73.8 cm³/mol. The van der Waals surface area contributed by atoms with Gasteiger partial charge in [-0.05, 0) is 37.7 Å². The molecule has 1 N–H and O–H groups in total. The van der Waals surface area contributed by atoms with Crippen LogP contribution in [0.5, 0.6) is 0 Å². The Bertz CT molecular complexity index is 393. The number of thioether (sulfide) groups is 1. The summed E-state index contributed by atoms with van der Waals surface area (Å²) in [4.78, 5) is 36.6. The molecule has 1 aliphatic heterocycles. The smallest absolute Gasteiger partial charge is 0.277 e. The van der Waals surface area contributed by atoms with E-state index in [1.54, 1.807) is 0 Å². The molecule has 0 aromatic carbocycles. The van der Waals surface area contributed by atoms with Crippen LogP contribution in [0.15, 0.2) is 0 Å². The van der Waals surface area contributed by atoms with Gasteiger partial charge >= 0.3 is 6.03 Å². The van der Waals surface area contributed by atoms with E-state index in [4.69, 9.17) is 0 Å². The number of urea groups is 1. The van der Waals surface area contributed by atoms with Gasteiger partial charge in [0.25, 0.3) is 0 Å². The van der Waals surface area contributed by atoms with Crippen molar-refractivity contribution >= 4 is 29.6 Å². The van der Waals surface area contributed by atoms with E-state index in [0.29, 0.717) is 19.4 Å². The van der Waals surface area contributed by atoms with Gasteiger partial charge in [0.2, 0.25) is 11.8 Å². The first-order valence-corrected chi connectivity index (χ1v) is 8.17. The van der Waals surface area contributed by atoms with Gasteiger partial charge in [0.1, 0.15) is 5.41 Å². The fraction of sp³-hybridized carbons (Fsp3) is 0.769. The second-order valence-corrected chi connectivity index (χ2v) is 6.19. The molecule has 0 aromatic rings. The molecule has 5 nitrogen and oxygen atoms in total. The van der Waals surface area contributed by atoms with Crippen molar-refractivity contribution in [2.24, 2.45) is 5.41 Å². The number of hydrogen-bond donors (Lipinski definition) is 1. The van der Waals surface area contributed by atoms with Gasteiger partial charge in [0.15, 0.2) is 0 Å². The number of nitrogens with one attached hydrogen (secondary N) is 1. The third-order valence-corrected chi connectivity index (χ3v) is 4.48. The van der Waals surface area contributed by atoms with Crippen LogP contribution in [0.2, 0.25) is 0 Å². The Morgan fingerprint density at radius 3 is 2.47 bits per heavy atom. The molecule has 1 saturated heterocycles. The fourth-order valence-corrected chi connectivity index (χ4v) is 2.86. The molecule has 1 spiro atoms. The highest BCUT2D eigenvalue weighted by Gasteiger charge is 2.61. The van der Waals surface area contributed by atoms with Crippen molar-refractivity contribution in [2.45, 2.75) is 38.5 Å². The van der Waals surface area contributed by atoms with Gasteiger partial charge < -0.3 is 0 Å². The first-order chi connectivity index (χ1) is 9.12. The number of barbiturate groups is 1. The molecule has 106 valence electrons. The molecule has 2 rings (SSSR count). The molecule has 0 unspecified atom stereocenters. The topological polar surface area (TPSA) is 66.5 Å². The van der Waals surface area contributed by atoms with E-state index in [1.165, 1.54) is 11.3 Å². The number of carbonyl (C=O) groups excluding carboxylic acids is 3. The van der Waals surface area contributed by atoms with Crippen LogP contribution in [0.25, 0.3) is 0 Å². The summed E-state index contributed by atoms with van der Waals surface area (Å²) >= 11 is 1.83. The first-order valence-electron chi connectivity index (χ1n) is 6.78.